The average Bonchev–Trinajstić information content (AvgIpc) is 2.33. The summed E-state index contributed by atoms with van der Waals surface area (Å²) >= 11 is 0. The Bertz CT molecular complexity index is 198. The Morgan fingerprint density at radius 1 is 1.11 bits per heavy atom. The van der Waals surface area contributed by atoms with Gasteiger partial charge in [0.05, 0.1) is 0 Å². The lowest BCUT2D eigenvalue weighted by Crippen LogP contribution is -2.52. The van der Waals surface area contributed by atoms with Crippen LogP contribution in [0.25, 0.3) is 0 Å². The molecule has 4 heteroatoms. The molecule has 18 heavy (non-hydrogen) atoms. The molecule has 0 amide bonds. The lowest BCUT2D eigenvalue weighted by molar-refractivity contribution is -0.140. The summed E-state index contributed by atoms with van der Waals surface area (Å²) in [6.07, 6.45) is 4.76. The van der Waals surface area contributed by atoms with Crippen LogP contribution in [0, 0.1) is 0 Å². The zero-order chi connectivity index (χ0) is 13.4. The van der Waals surface area contributed by atoms with Gasteiger partial charge in [0, 0.05) is 38.3 Å². The van der Waals surface area contributed by atoms with Gasteiger partial charge in [-0.05, 0) is 40.5 Å². The first kappa shape index (κ1) is 15.9. The van der Waals surface area contributed by atoms with E-state index in [1.54, 1.807) is 0 Å². The number of hydrazine groups is 1. The topological polar surface area (TPSA) is 33.7 Å². The molecule has 4 nitrogen and oxygen atoms in total. The van der Waals surface area contributed by atoms with Gasteiger partial charge in [0.25, 0.3) is 0 Å². The maximum absolute atomic E-state index is 5.54. The molecule has 1 aliphatic heterocycles. The summed E-state index contributed by atoms with van der Waals surface area (Å²) in [5.74, 6) is 0. The summed E-state index contributed by atoms with van der Waals surface area (Å²) in [4.78, 5) is 0. The van der Waals surface area contributed by atoms with E-state index in [-0.39, 0.29) is 6.29 Å². The van der Waals surface area contributed by atoms with Crippen LogP contribution in [-0.2, 0) is 9.47 Å². The van der Waals surface area contributed by atoms with Crippen LogP contribution in [0.2, 0.25) is 0 Å². The molecule has 1 saturated heterocycles. The molecule has 0 aromatic heterocycles. The molecular weight excluding hydrogens is 228 g/mol. The minimum absolute atomic E-state index is 0.0668. The molecule has 0 bridgehead atoms. The lowest BCUT2D eigenvalue weighted by Gasteiger charge is -2.39. The zero-order valence-electron chi connectivity index (χ0n) is 12.4. The number of ether oxygens (including phenoxy) is 2. The van der Waals surface area contributed by atoms with Crippen molar-refractivity contribution in [2.45, 2.75) is 71.8 Å². The second-order valence-corrected chi connectivity index (χ2v) is 5.07. The van der Waals surface area contributed by atoms with Gasteiger partial charge in [0.15, 0.2) is 6.29 Å². The third-order valence-corrected chi connectivity index (χ3v) is 3.57. The maximum Gasteiger partial charge on any atom is 0.158 e. The van der Waals surface area contributed by atoms with Gasteiger partial charge in [0.1, 0.15) is 0 Å². The van der Waals surface area contributed by atoms with Crippen molar-refractivity contribution in [1.82, 2.24) is 10.4 Å². The Kier molecular flexibility index (Phi) is 7.82. The third kappa shape index (κ3) is 5.22. The van der Waals surface area contributed by atoms with Crippen molar-refractivity contribution >= 4 is 0 Å². The minimum atomic E-state index is -0.0668. The van der Waals surface area contributed by atoms with Gasteiger partial charge >= 0.3 is 0 Å². The number of nitrogens with one attached hydrogen (secondary N) is 1. The molecular formula is C14H30N2O2. The van der Waals surface area contributed by atoms with Gasteiger partial charge in [-0.3, -0.25) is 5.43 Å². The first-order valence-corrected chi connectivity index (χ1v) is 7.44. The molecule has 0 aromatic carbocycles. The SMILES string of the molecule is CCOC(CCNN1C(C)CCCC1C)OCC. The van der Waals surface area contributed by atoms with Crippen LogP contribution in [0.15, 0.2) is 0 Å². The number of nitrogens with zero attached hydrogens (tertiary/aromatic N) is 1. The van der Waals surface area contributed by atoms with Crippen LogP contribution in [0.3, 0.4) is 0 Å². The molecule has 2 atom stereocenters. The highest BCUT2D eigenvalue weighted by Crippen LogP contribution is 2.20. The van der Waals surface area contributed by atoms with E-state index < -0.39 is 0 Å². The predicted molar refractivity (Wildman–Crippen MR) is 74.3 cm³/mol. The van der Waals surface area contributed by atoms with Crippen LogP contribution < -0.4 is 5.43 Å². The quantitative estimate of drug-likeness (QED) is 0.678. The molecule has 1 heterocycles. The van der Waals surface area contributed by atoms with E-state index in [1.807, 2.05) is 13.8 Å². The third-order valence-electron chi connectivity index (χ3n) is 3.57. The molecule has 1 fully saturated rings. The zero-order valence-corrected chi connectivity index (χ0v) is 12.4. The second-order valence-electron chi connectivity index (χ2n) is 5.07. The number of piperidine rings is 1. The molecule has 0 radical (unpaired) electrons. The van der Waals surface area contributed by atoms with Crippen molar-refractivity contribution in [1.29, 1.82) is 0 Å². The maximum atomic E-state index is 5.54. The molecule has 0 spiro atoms. The van der Waals surface area contributed by atoms with Crippen molar-refractivity contribution < 1.29 is 9.47 Å². The van der Waals surface area contributed by atoms with E-state index in [9.17, 15) is 0 Å². The van der Waals surface area contributed by atoms with Gasteiger partial charge in [-0.15, -0.1) is 0 Å². The van der Waals surface area contributed by atoms with Gasteiger partial charge in [-0.1, -0.05) is 6.42 Å². The fourth-order valence-electron chi connectivity index (χ4n) is 2.63. The molecule has 1 rings (SSSR count). The largest absolute Gasteiger partial charge is 0.353 e. The lowest BCUT2D eigenvalue weighted by atomic mass is 10.00. The van der Waals surface area contributed by atoms with Crippen LogP contribution in [0.4, 0.5) is 0 Å². The van der Waals surface area contributed by atoms with Gasteiger partial charge in [0.2, 0.25) is 0 Å². The highest BCUT2D eigenvalue weighted by molar-refractivity contribution is 4.76. The summed E-state index contributed by atoms with van der Waals surface area (Å²) < 4.78 is 11.1. The molecule has 1 aliphatic rings. The van der Waals surface area contributed by atoms with E-state index in [1.165, 1.54) is 19.3 Å². The predicted octanol–water partition coefficient (Wildman–Crippen LogP) is 2.54. The fourth-order valence-corrected chi connectivity index (χ4v) is 2.63. The summed E-state index contributed by atoms with van der Waals surface area (Å²) in [5.41, 5.74) is 3.54. The monoisotopic (exact) mass is 258 g/mol. The van der Waals surface area contributed by atoms with Crippen LogP contribution in [0.1, 0.15) is 53.4 Å². The number of rotatable bonds is 8. The molecule has 2 unspecified atom stereocenters. The van der Waals surface area contributed by atoms with Crippen molar-refractivity contribution in [3.05, 3.63) is 0 Å². The smallest absolute Gasteiger partial charge is 0.158 e. The first-order valence-electron chi connectivity index (χ1n) is 7.44. The second kappa shape index (κ2) is 8.86. The van der Waals surface area contributed by atoms with E-state index in [0.717, 1.165) is 13.0 Å². The van der Waals surface area contributed by atoms with Crippen molar-refractivity contribution in [2.24, 2.45) is 0 Å². The van der Waals surface area contributed by atoms with E-state index >= 15 is 0 Å². The Balaban J connectivity index is 2.25. The molecule has 0 aromatic rings. The summed E-state index contributed by atoms with van der Waals surface area (Å²) in [6, 6.07) is 1.26. The van der Waals surface area contributed by atoms with Crippen molar-refractivity contribution in [3.8, 4) is 0 Å². The van der Waals surface area contributed by atoms with Crippen LogP contribution in [0.5, 0.6) is 0 Å². The summed E-state index contributed by atoms with van der Waals surface area (Å²) in [5, 5.41) is 2.40. The highest BCUT2D eigenvalue weighted by atomic mass is 16.7. The standard InChI is InChI=1S/C14H30N2O2/c1-5-17-14(18-6-2)10-11-15-16-12(3)8-7-9-13(16)4/h12-15H,5-11H2,1-4H3. The number of hydrogen-bond donors (Lipinski definition) is 1. The Morgan fingerprint density at radius 2 is 1.67 bits per heavy atom. The van der Waals surface area contributed by atoms with E-state index in [0.29, 0.717) is 25.3 Å². The van der Waals surface area contributed by atoms with Gasteiger partial charge in [-0.25, -0.2) is 5.01 Å². The Morgan fingerprint density at radius 3 is 2.17 bits per heavy atom. The Hall–Kier alpha value is -0.160. The molecule has 0 saturated carbocycles. The van der Waals surface area contributed by atoms with Crippen LogP contribution in [-0.4, -0.2) is 43.1 Å². The normalized spacial score (nSPS) is 25.8. The average molecular weight is 258 g/mol. The van der Waals surface area contributed by atoms with Crippen molar-refractivity contribution in [3.63, 3.8) is 0 Å². The van der Waals surface area contributed by atoms with Gasteiger partial charge < -0.3 is 9.47 Å². The summed E-state index contributed by atoms with van der Waals surface area (Å²) in [6.45, 7) is 10.9. The molecule has 108 valence electrons. The molecule has 0 aliphatic carbocycles. The van der Waals surface area contributed by atoms with Crippen molar-refractivity contribution in [2.75, 3.05) is 19.8 Å². The fraction of sp³-hybridized carbons (Fsp3) is 1.00. The van der Waals surface area contributed by atoms with E-state index in [2.05, 4.69) is 24.3 Å². The highest BCUT2D eigenvalue weighted by Gasteiger charge is 2.24. The summed E-state index contributed by atoms with van der Waals surface area (Å²) in [7, 11) is 0. The van der Waals surface area contributed by atoms with E-state index in [4.69, 9.17) is 9.47 Å². The minimum Gasteiger partial charge on any atom is -0.353 e. The number of hydrogen-bond acceptors (Lipinski definition) is 4. The Labute approximate surface area is 112 Å². The first-order chi connectivity index (χ1) is 8.69. The molecule has 1 N–H and O–H groups in total. The van der Waals surface area contributed by atoms with Gasteiger partial charge in [-0.2, -0.15) is 0 Å². The van der Waals surface area contributed by atoms with Crippen LogP contribution >= 0.6 is 0 Å².